The third-order valence-corrected chi connectivity index (χ3v) is 4.69. The number of H-pyrrole nitrogens is 1. The Morgan fingerprint density at radius 2 is 1.88 bits per heavy atom. The Hall–Kier alpha value is -2.69. The first-order chi connectivity index (χ1) is 11.8. The lowest BCUT2D eigenvalue weighted by Gasteiger charge is -2.20. The van der Waals surface area contributed by atoms with E-state index in [0.29, 0.717) is 0 Å². The topological polar surface area (TPSA) is 70.7 Å². The number of amides is 1. The van der Waals surface area contributed by atoms with E-state index in [-0.39, 0.29) is 11.8 Å². The van der Waals surface area contributed by atoms with Crippen LogP contribution in [0.1, 0.15) is 32.1 Å². The summed E-state index contributed by atoms with van der Waals surface area (Å²) in [6, 6.07) is 9.69. The van der Waals surface area contributed by atoms with E-state index in [1.54, 1.807) is 12.4 Å². The molecule has 0 atom stereocenters. The minimum absolute atomic E-state index is 0.150. The molecule has 3 aromatic rings. The van der Waals surface area contributed by atoms with Crippen molar-refractivity contribution in [3.05, 3.63) is 42.7 Å². The van der Waals surface area contributed by atoms with E-state index in [2.05, 4.69) is 20.3 Å². The van der Waals surface area contributed by atoms with E-state index in [4.69, 9.17) is 0 Å². The second-order valence-corrected chi connectivity index (χ2v) is 6.38. The molecule has 0 bridgehead atoms. The zero-order valence-electron chi connectivity index (χ0n) is 13.5. The summed E-state index contributed by atoms with van der Waals surface area (Å²) in [5, 5.41) is 3.04. The molecule has 1 saturated carbocycles. The van der Waals surface area contributed by atoms with Crippen LogP contribution in [0.5, 0.6) is 0 Å². The van der Waals surface area contributed by atoms with E-state index < -0.39 is 0 Å². The van der Waals surface area contributed by atoms with Gasteiger partial charge in [-0.3, -0.25) is 9.78 Å². The second kappa shape index (κ2) is 6.43. The molecule has 0 aliphatic heterocycles. The first-order valence-corrected chi connectivity index (χ1v) is 8.50. The molecule has 0 saturated heterocycles. The van der Waals surface area contributed by atoms with E-state index in [1.165, 1.54) is 6.42 Å². The lowest BCUT2D eigenvalue weighted by molar-refractivity contribution is -0.120. The number of rotatable bonds is 3. The molecule has 1 amide bonds. The number of fused-ring (bicyclic) bond motifs is 1. The molecule has 1 aliphatic rings. The summed E-state index contributed by atoms with van der Waals surface area (Å²) in [5.41, 5.74) is 3.64. The summed E-state index contributed by atoms with van der Waals surface area (Å²) < 4.78 is 0. The molecule has 1 fully saturated rings. The number of aromatic amines is 1. The Morgan fingerprint density at radius 1 is 1.08 bits per heavy atom. The van der Waals surface area contributed by atoms with Gasteiger partial charge in [-0.25, -0.2) is 4.98 Å². The number of nitrogens with one attached hydrogen (secondary N) is 2. The van der Waals surface area contributed by atoms with Gasteiger partial charge in [0.1, 0.15) is 5.82 Å². The maximum absolute atomic E-state index is 12.3. The second-order valence-electron chi connectivity index (χ2n) is 6.38. The van der Waals surface area contributed by atoms with Crippen LogP contribution in [0.3, 0.4) is 0 Å². The molecule has 4 rings (SSSR count). The van der Waals surface area contributed by atoms with Gasteiger partial charge < -0.3 is 10.3 Å². The van der Waals surface area contributed by atoms with Crippen LogP contribution in [0.15, 0.2) is 42.7 Å². The number of nitrogens with zero attached hydrogens (tertiary/aromatic N) is 2. The zero-order valence-corrected chi connectivity index (χ0v) is 13.5. The summed E-state index contributed by atoms with van der Waals surface area (Å²) in [7, 11) is 0. The van der Waals surface area contributed by atoms with E-state index >= 15 is 0 Å². The highest BCUT2D eigenvalue weighted by molar-refractivity contribution is 5.92. The highest BCUT2D eigenvalue weighted by atomic mass is 16.1. The smallest absolute Gasteiger partial charge is 0.227 e. The molecule has 24 heavy (non-hydrogen) atoms. The third-order valence-electron chi connectivity index (χ3n) is 4.69. The Balaban J connectivity index is 1.48. The van der Waals surface area contributed by atoms with Gasteiger partial charge in [0.25, 0.3) is 0 Å². The fourth-order valence-corrected chi connectivity index (χ4v) is 3.31. The number of pyridine rings is 1. The van der Waals surface area contributed by atoms with E-state index in [0.717, 1.165) is 53.8 Å². The van der Waals surface area contributed by atoms with Crippen LogP contribution in [0, 0.1) is 5.92 Å². The average Bonchev–Trinajstić information content (AvgIpc) is 3.07. The number of carbonyl (C=O) groups is 1. The highest BCUT2D eigenvalue weighted by Gasteiger charge is 2.20. The monoisotopic (exact) mass is 320 g/mol. The van der Waals surface area contributed by atoms with Gasteiger partial charge in [0.05, 0.1) is 17.2 Å². The van der Waals surface area contributed by atoms with Crippen molar-refractivity contribution in [2.24, 2.45) is 5.92 Å². The van der Waals surface area contributed by atoms with Crippen LogP contribution in [0.4, 0.5) is 5.69 Å². The number of carbonyl (C=O) groups excluding carboxylic acids is 1. The predicted octanol–water partition coefficient (Wildman–Crippen LogP) is 4.14. The van der Waals surface area contributed by atoms with Crippen LogP contribution >= 0.6 is 0 Å². The van der Waals surface area contributed by atoms with Crippen LogP contribution in [-0.2, 0) is 4.79 Å². The van der Waals surface area contributed by atoms with Crippen LogP contribution in [-0.4, -0.2) is 20.9 Å². The summed E-state index contributed by atoms with van der Waals surface area (Å²) in [6.07, 6.45) is 9.11. The predicted molar refractivity (Wildman–Crippen MR) is 94.5 cm³/mol. The van der Waals surface area contributed by atoms with Gasteiger partial charge >= 0.3 is 0 Å². The molecule has 0 radical (unpaired) electrons. The quantitative estimate of drug-likeness (QED) is 0.762. The van der Waals surface area contributed by atoms with Crippen molar-refractivity contribution in [3.8, 4) is 11.4 Å². The average molecular weight is 320 g/mol. The van der Waals surface area contributed by atoms with Gasteiger partial charge in [0.2, 0.25) is 5.91 Å². The highest BCUT2D eigenvalue weighted by Crippen LogP contribution is 2.26. The third kappa shape index (κ3) is 3.02. The molecule has 1 aliphatic carbocycles. The Morgan fingerprint density at radius 3 is 2.62 bits per heavy atom. The lowest BCUT2D eigenvalue weighted by Crippen LogP contribution is -2.24. The van der Waals surface area contributed by atoms with E-state index in [9.17, 15) is 4.79 Å². The Kier molecular flexibility index (Phi) is 3.99. The first kappa shape index (κ1) is 14.9. The van der Waals surface area contributed by atoms with Crippen LogP contribution in [0.2, 0.25) is 0 Å². The van der Waals surface area contributed by atoms with Gasteiger partial charge in [-0.2, -0.15) is 0 Å². The molecule has 5 heteroatoms. The van der Waals surface area contributed by atoms with Gasteiger partial charge in [0.15, 0.2) is 0 Å². The molecule has 5 nitrogen and oxygen atoms in total. The molecular formula is C19H20N4O. The van der Waals surface area contributed by atoms with Crippen molar-refractivity contribution in [1.82, 2.24) is 15.0 Å². The van der Waals surface area contributed by atoms with Crippen LogP contribution in [0.25, 0.3) is 22.4 Å². The Bertz CT molecular complexity index is 814. The molecule has 2 N–H and O–H groups in total. The minimum atomic E-state index is 0.150. The SMILES string of the molecule is O=C(Nc1ccc(-c2nc3ccncc3[nH]2)cc1)C1CCCCC1. The van der Waals surface area contributed by atoms with E-state index in [1.807, 2.05) is 30.3 Å². The number of aromatic nitrogens is 3. The maximum Gasteiger partial charge on any atom is 0.227 e. The minimum Gasteiger partial charge on any atom is -0.337 e. The molecule has 1 aromatic carbocycles. The molecule has 2 heterocycles. The van der Waals surface area contributed by atoms with Gasteiger partial charge in [0, 0.05) is 23.4 Å². The maximum atomic E-state index is 12.3. The fraction of sp³-hybridized carbons (Fsp3) is 0.316. The standard InChI is InChI=1S/C19H20N4O/c24-19(14-4-2-1-3-5-14)21-15-8-6-13(7-9-15)18-22-16-10-11-20-12-17(16)23-18/h6-12,14H,1-5H2,(H,21,24)(H,22,23). The van der Waals surface area contributed by atoms with Crippen molar-refractivity contribution in [2.45, 2.75) is 32.1 Å². The number of hydrogen-bond donors (Lipinski definition) is 2. The van der Waals surface area contributed by atoms with Crippen LogP contribution < -0.4 is 5.32 Å². The summed E-state index contributed by atoms with van der Waals surface area (Å²) in [4.78, 5) is 24.2. The van der Waals surface area contributed by atoms with Gasteiger partial charge in [-0.1, -0.05) is 19.3 Å². The molecular weight excluding hydrogens is 300 g/mol. The number of hydrogen-bond acceptors (Lipinski definition) is 3. The number of benzene rings is 1. The number of anilines is 1. The summed E-state index contributed by atoms with van der Waals surface area (Å²) in [5.74, 6) is 1.13. The summed E-state index contributed by atoms with van der Waals surface area (Å²) in [6.45, 7) is 0. The lowest BCUT2D eigenvalue weighted by atomic mass is 9.88. The molecule has 122 valence electrons. The van der Waals surface area contributed by atoms with Crippen molar-refractivity contribution < 1.29 is 4.79 Å². The van der Waals surface area contributed by atoms with Gasteiger partial charge in [-0.15, -0.1) is 0 Å². The molecule has 0 spiro atoms. The Labute approximate surface area is 140 Å². The molecule has 0 unspecified atom stereocenters. The van der Waals surface area contributed by atoms with Crippen molar-refractivity contribution in [3.63, 3.8) is 0 Å². The fourth-order valence-electron chi connectivity index (χ4n) is 3.31. The summed E-state index contributed by atoms with van der Waals surface area (Å²) >= 11 is 0. The van der Waals surface area contributed by atoms with Gasteiger partial charge in [-0.05, 0) is 43.2 Å². The van der Waals surface area contributed by atoms with Crippen molar-refractivity contribution in [1.29, 1.82) is 0 Å². The molecule has 2 aromatic heterocycles. The first-order valence-electron chi connectivity index (χ1n) is 8.50. The normalized spacial score (nSPS) is 15.5. The van der Waals surface area contributed by atoms with Crippen molar-refractivity contribution in [2.75, 3.05) is 5.32 Å². The zero-order chi connectivity index (χ0) is 16.4. The van der Waals surface area contributed by atoms with Crippen molar-refractivity contribution >= 4 is 22.6 Å². The largest absolute Gasteiger partial charge is 0.337 e. The number of imidazole rings is 1.